The zero-order valence-corrected chi connectivity index (χ0v) is 9.64. The van der Waals surface area contributed by atoms with E-state index in [1.807, 2.05) is 0 Å². The minimum absolute atomic E-state index is 0.352. The SMILES string of the molecule is CCC1(CNc2ccc(C(F)(F)F)cn2)CC1. The molecule has 1 N–H and O–H groups in total. The molecule has 0 aromatic carbocycles. The molecule has 0 radical (unpaired) electrons. The second-order valence-corrected chi connectivity index (χ2v) is 4.64. The first-order valence-corrected chi connectivity index (χ1v) is 5.72. The Balaban J connectivity index is 1.94. The molecule has 0 atom stereocenters. The second kappa shape index (κ2) is 4.20. The van der Waals surface area contributed by atoms with E-state index in [4.69, 9.17) is 0 Å². The summed E-state index contributed by atoms with van der Waals surface area (Å²) in [5, 5.41) is 3.10. The first-order chi connectivity index (χ1) is 7.95. The zero-order chi connectivity index (χ0) is 12.5. The molecular formula is C12H15F3N2. The van der Waals surface area contributed by atoms with E-state index in [2.05, 4.69) is 17.2 Å². The number of nitrogens with zero attached hydrogens (tertiary/aromatic N) is 1. The van der Waals surface area contributed by atoms with Crippen LogP contribution in [0.15, 0.2) is 18.3 Å². The second-order valence-electron chi connectivity index (χ2n) is 4.64. The molecule has 1 saturated carbocycles. The summed E-state index contributed by atoms with van der Waals surface area (Å²) in [6, 6.07) is 2.44. The van der Waals surface area contributed by atoms with E-state index in [0.717, 1.165) is 25.2 Å². The van der Waals surface area contributed by atoms with Crippen LogP contribution in [0.3, 0.4) is 0 Å². The fourth-order valence-corrected chi connectivity index (χ4v) is 1.78. The highest BCUT2D eigenvalue weighted by atomic mass is 19.4. The van der Waals surface area contributed by atoms with Crippen molar-refractivity contribution in [3.8, 4) is 0 Å². The van der Waals surface area contributed by atoms with Gasteiger partial charge in [0.15, 0.2) is 0 Å². The maximum absolute atomic E-state index is 12.3. The summed E-state index contributed by atoms with van der Waals surface area (Å²) in [4.78, 5) is 3.78. The van der Waals surface area contributed by atoms with Gasteiger partial charge in [-0.15, -0.1) is 0 Å². The van der Waals surface area contributed by atoms with Gasteiger partial charge in [-0.05, 0) is 36.8 Å². The van der Waals surface area contributed by atoms with Crippen LogP contribution in [0.5, 0.6) is 0 Å². The minimum Gasteiger partial charge on any atom is -0.370 e. The summed E-state index contributed by atoms with van der Waals surface area (Å²) < 4.78 is 36.9. The third-order valence-electron chi connectivity index (χ3n) is 3.44. The van der Waals surface area contributed by atoms with E-state index >= 15 is 0 Å². The van der Waals surface area contributed by atoms with E-state index < -0.39 is 11.7 Å². The van der Waals surface area contributed by atoms with Gasteiger partial charge in [0.05, 0.1) is 5.56 Å². The van der Waals surface area contributed by atoms with E-state index in [0.29, 0.717) is 11.2 Å². The molecule has 1 aliphatic carbocycles. The van der Waals surface area contributed by atoms with E-state index in [-0.39, 0.29) is 0 Å². The predicted molar refractivity (Wildman–Crippen MR) is 59.7 cm³/mol. The monoisotopic (exact) mass is 244 g/mol. The molecule has 0 spiro atoms. The molecule has 0 bridgehead atoms. The molecule has 0 aliphatic heterocycles. The number of nitrogens with one attached hydrogen (secondary N) is 1. The molecular weight excluding hydrogens is 229 g/mol. The van der Waals surface area contributed by atoms with Crippen molar-refractivity contribution < 1.29 is 13.2 Å². The van der Waals surface area contributed by atoms with Gasteiger partial charge in [0.1, 0.15) is 5.82 Å². The largest absolute Gasteiger partial charge is 0.417 e. The highest BCUT2D eigenvalue weighted by Gasteiger charge is 2.40. The summed E-state index contributed by atoms with van der Waals surface area (Å²) in [5.41, 5.74) is -0.357. The smallest absolute Gasteiger partial charge is 0.370 e. The van der Waals surface area contributed by atoms with Crippen LogP contribution in [-0.2, 0) is 6.18 Å². The number of hydrogen-bond donors (Lipinski definition) is 1. The van der Waals surface area contributed by atoms with Crippen molar-refractivity contribution in [2.24, 2.45) is 5.41 Å². The van der Waals surface area contributed by atoms with Crippen molar-refractivity contribution in [2.75, 3.05) is 11.9 Å². The fraction of sp³-hybridized carbons (Fsp3) is 0.583. The normalized spacial score (nSPS) is 17.9. The van der Waals surface area contributed by atoms with Crippen molar-refractivity contribution in [1.29, 1.82) is 0 Å². The Morgan fingerprint density at radius 3 is 2.47 bits per heavy atom. The van der Waals surface area contributed by atoms with Crippen molar-refractivity contribution >= 4 is 5.82 Å². The molecule has 0 amide bonds. The van der Waals surface area contributed by atoms with Crippen LogP contribution in [0.2, 0.25) is 0 Å². The minimum atomic E-state index is -4.31. The maximum Gasteiger partial charge on any atom is 0.417 e. The van der Waals surface area contributed by atoms with Crippen LogP contribution in [0, 0.1) is 5.41 Å². The maximum atomic E-state index is 12.3. The van der Waals surface area contributed by atoms with E-state index in [1.54, 1.807) is 0 Å². The number of anilines is 1. The first kappa shape index (κ1) is 12.2. The molecule has 1 heterocycles. The van der Waals surface area contributed by atoms with Crippen molar-refractivity contribution in [3.05, 3.63) is 23.9 Å². The van der Waals surface area contributed by atoms with Crippen molar-refractivity contribution in [1.82, 2.24) is 4.98 Å². The molecule has 1 aromatic rings. The Kier molecular flexibility index (Phi) is 3.02. The Morgan fingerprint density at radius 2 is 2.06 bits per heavy atom. The van der Waals surface area contributed by atoms with Gasteiger partial charge in [-0.3, -0.25) is 0 Å². The third kappa shape index (κ3) is 2.90. The van der Waals surface area contributed by atoms with Crippen LogP contribution in [-0.4, -0.2) is 11.5 Å². The van der Waals surface area contributed by atoms with E-state index in [1.165, 1.54) is 18.9 Å². The lowest BCUT2D eigenvalue weighted by Crippen LogP contribution is -2.15. The summed E-state index contributed by atoms with van der Waals surface area (Å²) in [7, 11) is 0. The van der Waals surface area contributed by atoms with Gasteiger partial charge in [-0.25, -0.2) is 4.98 Å². The number of pyridine rings is 1. The quantitative estimate of drug-likeness (QED) is 0.873. The average molecular weight is 244 g/mol. The van der Waals surface area contributed by atoms with Crippen LogP contribution in [0.4, 0.5) is 19.0 Å². The molecule has 17 heavy (non-hydrogen) atoms. The molecule has 2 nitrogen and oxygen atoms in total. The number of alkyl halides is 3. The number of rotatable bonds is 4. The molecule has 1 aromatic heterocycles. The number of hydrogen-bond acceptors (Lipinski definition) is 2. The van der Waals surface area contributed by atoms with Crippen LogP contribution >= 0.6 is 0 Å². The summed E-state index contributed by atoms with van der Waals surface area (Å²) in [6.45, 7) is 2.93. The highest BCUT2D eigenvalue weighted by molar-refractivity contribution is 5.36. The Hall–Kier alpha value is -1.26. The van der Waals surface area contributed by atoms with Crippen LogP contribution in [0.25, 0.3) is 0 Å². The van der Waals surface area contributed by atoms with E-state index in [9.17, 15) is 13.2 Å². The van der Waals surface area contributed by atoms with Gasteiger partial charge in [-0.1, -0.05) is 6.92 Å². The Bertz CT molecular complexity index is 380. The number of halogens is 3. The summed E-state index contributed by atoms with van der Waals surface area (Å²) in [6.07, 6.45) is 0.0371. The average Bonchev–Trinajstić information content (AvgIpc) is 3.06. The van der Waals surface area contributed by atoms with Gasteiger partial charge in [-0.2, -0.15) is 13.2 Å². The Labute approximate surface area is 98.2 Å². The molecule has 94 valence electrons. The van der Waals surface area contributed by atoms with Crippen molar-refractivity contribution in [2.45, 2.75) is 32.4 Å². The number of aromatic nitrogens is 1. The molecule has 5 heteroatoms. The molecule has 2 rings (SSSR count). The standard InChI is InChI=1S/C12H15F3N2/c1-2-11(5-6-11)8-17-10-4-3-9(7-16-10)12(13,14)15/h3-4,7H,2,5-6,8H2,1H3,(H,16,17). The zero-order valence-electron chi connectivity index (χ0n) is 9.64. The molecule has 0 saturated heterocycles. The molecule has 1 fully saturated rings. The van der Waals surface area contributed by atoms with Crippen LogP contribution < -0.4 is 5.32 Å². The molecule has 0 unspecified atom stereocenters. The molecule has 1 aliphatic rings. The Morgan fingerprint density at radius 1 is 1.35 bits per heavy atom. The van der Waals surface area contributed by atoms with Gasteiger partial charge >= 0.3 is 6.18 Å². The van der Waals surface area contributed by atoms with Gasteiger partial charge in [0.2, 0.25) is 0 Å². The predicted octanol–water partition coefficient (Wildman–Crippen LogP) is 3.70. The highest BCUT2D eigenvalue weighted by Crippen LogP contribution is 2.48. The lowest BCUT2D eigenvalue weighted by atomic mass is 10.0. The van der Waals surface area contributed by atoms with Crippen LogP contribution in [0.1, 0.15) is 31.7 Å². The van der Waals surface area contributed by atoms with Gasteiger partial charge in [0.25, 0.3) is 0 Å². The van der Waals surface area contributed by atoms with Gasteiger partial charge in [0, 0.05) is 12.7 Å². The lowest BCUT2D eigenvalue weighted by Gasteiger charge is -2.14. The summed E-state index contributed by atoms with van der Waals surface area (Å²) in [5.74, 6) is 0.512. The first-order valence-electron chi connectivity index (χ1n) is 5.72. The fourth-order valence-electron chi connectivity index (χ4n) is 1.78. The third-order valence-corrected chi connectivity index (χ3v) is 3.44. The van der Waals surface area contributed by atoms with Crippen molar-refractivity contribution in [3.63, 3.8) is 0 Å². The lowest BCUT2D eigenvalue weighted by molar-refractivity contribution is -0.137. The topological polar surface area (TPSA) is 24.9 Å². The van der Waals surface area contributed by atoms with Gasteiger partial charge < -0.3 is 5.32 Å². The summed E-state index contributed by atoms with van der Waals surface area (Å²) >= 11 is 0.